The summed E-state index contributed by atoms with van der Waals surface area (Å²) in [5, 5.41) is 12.3. The third-order valence-corrected chi connectivity index (χ3v) is 8.18. The summed E-state index contributed by atoms with van der Waals surface area (Å²) in [6.07, 6.45) is 5.03. The van der Waals surface area contributed by atoms with Crippen LogP contribution in [-0.2, 0) is 10.0 Å². The zero-order valence-electron chi connectivity index (χ0n) is 18.7. The van der Waals surface area contributed by atoms with E-state index in [4.69, 9.17) is 5.26 Å². The highest BCUT2D eigenvalue weighted by atomic mass is 32.2. The number of hydrogen-bond acceptors (Lipinski definition) is 8. The van der Waals surface area contributed by atoms with Gasteiger partial charge in [0.05, 0.1) is 6.07 Å². The molecule has 1 aliphatic heterocycles. The van der Waals surface area contributed by atoms with Crippen LogP contribution in [0.5, 0.6) is 5.75 Å². The maximum absolute atomic E-state index is 13.1. The van der Waals surface area contributed by atoms with Gasteiger partial charge in [0.25, 0.3) is 5.56 Å². The molecule has 2 aliphatic rings. The average Bonchev–Trinajstić information content (AvgIpc) is 3.20. The fourth-order valence-corrected chi connectivity index (χ4v) is 5.91. The summed E-state index contributed by atoms with van der Waals surface area (Å²) in [5.74, 6) is -0.537. The van der Waals surface area contributed by atoms with Crippen LogP contribution in [0.15, 0.2) is 17.1 Å². The fraction of sp³-hybridized carbons (Fsp3) is 0.619. The fourth-order valence-electron chi connectivity index (χ4n) is 4.80. The van der Waals surface area contributed by atoms with E-state index in [2.05, 4.69) is 20.0 Å². The zero-order chi connectivity index (χ0) is 24.5. The number of hydrogen-bond donors (Lipinski definition) is 1. The number of nitrogens with one attached hydrogen (secondary N) is 1. The lowest BCUT2D eigenvalue weighted by Gasteiger charge is -2.31. The van der Waals surface area contributed by atoms with Crippen LogP contribution in [0.3, 0.4) is 0 Å². The molecule has 0 amide bonds. The topological polar surface area (TPSA) is 130 Å². The summed E-state index contributed by atoms with van der Waals surface area (Å²) >= 11 is 0. The molecule has 1 aliphatic carbocycles. The van der Waals surface area contributed by atoms with E-state index in [-0.39, 0.29) is 37.0 Å². The zero-order valence-corrected chi connectivity index (χ0v) is 19.5. The summed E-state index contributed by atoms with van der Waals surface area (Å²) in [4.78, 5) is 21.9. The lowest BCUT2D eigenvalue weighted by Crippen LogP contribution is -2.43. The number of halogens is 2. The number of anilines is 1. The molecule has 10 nitrogen and oxygen atoms in total. The first-order chi connectivity index (χ1) is 16.2. The van der Waals surface area contributed by atoms with E-state index in [1.54, 1.807) is 6.07 Å². The highest BCUT2D eigenvalue weighted by Gasteiger charge is 2.30. The summed E-state index contributed by atoms with van der Waals surface area (Å²) in [6.45, 7) is -0.559. The highest BCUT2D eigenvalue weighted by Crippen LogP contribution is 2.36. The van der Waals surface area contributed by atoms with Gasteiger partial charge in [-0.3, -0.25) is 9.36 Å². The first-order valence-corrected chi connectivity index (χ1v) is 12.8. The van der Waals surface area contributed by atoms with Gasteiger partial charge >= 0.3 is 6.61 Å². The minimum Gasteiger partial charge on any atom is -0.429 e. The van der Waals surface area contributed by atoms with Crippen molar-refractivity contribution in [2.45, 2.75) is 57.7 Å². The standard InChI is InChI=1S/C21H26F2N6O4S/c1-13-3-2-4-16(13)29-18-14(11-17(19(29)30)33-20(22)23)12-25-21(27-18)26-15-5-8-28(9-6-15)34(31,32)10-7-24/h11-13,15-16,20H,2-6,8-10H2,1H3,(H,25,26,27)/t13-,16+/m0/s1. The summed E-state index contributed by atoms with van der Waals surface area (Å²) in [5.41, 5.74) is -0.302. The number of ether oxygens (including phenoxy) is 1. The molecule has 0 aromatic carbocycles. The Morgan fingerprint density at radius 2 is 2.03 bits per heavy atom. The van der Waals surface area contributed by atoms with Gasteiger partial charge in [0.2, 0.25) is 16.0 Å². The molecule has 1 saturated heterocycles. The number of rotatable bonds is 7. The van der Waals surface area contributed by atoms with Crippen molar-refractivity contribution in [1.82, 2.24) is 18.8 Å². The van der Waals surface area contributed by atoms with Crippen LogP contribution in [0.25, 0.3) is 11.0 Å². The average molecular weight is 497 g/mol. The monoisotopic (exact) mass is 496 g/mol. The van der Waals surface area contributed by atoms with Gasteiger partial charge in [0, 0.05) is 36.8 Å². The molecule has 2 atom stereocenters. The Kier molecular flexibility index (Phi) is 6.99. The normalized spacial score (nSPS) is 22.2. The van der Waals surface area contributed by atoms with Gasteiger partial charge in [-0.15, -0.1) is 0 Å². The molecular formula is C21H26F2N6O4S. The Labute approximate surface area is 195 Å². The van der Waals surface area contributed by atoms with E-state index in [1.807, 2.05) is 6.92 Å². The maximum Gasteiger partial charge on any atom is 0.387 e. The smallest absolute Gasteiger partial charge is 0.387 e. The van der Waals surface area contributed by atoms with E-state index in [0.29, 0.717) is 23.9 Å². The lowest BCUT2D eigenvalue weighted by molar-refractivity contribution is -0.0510. The third kappa shape index (κ3) is 4.97. The molecule has 2 aromatic heterocycles. The molecule has 0 bridgehead atoms. The second-order valence-corrected chi connectivity index (χ2v) is 10.7. The summed E-state index contributed by atoms with van der Waals surface area (Å²) < 4.78 is 57.2. The minimum absolute atomic E-state index is 0.0991. The van der Waals surface area contributed by atoms with E-state index < -0.39 is 33.7 Å². The predicted molar refractivity (Wildman–Crippen MR) is 120 cm³/mol. The molecule has 13 heteroatoms. The molecule has 3 heterocycles. The highest BCUT2D eigenvalue weighted by molar-refractivity contribution is 7.89. The number of pyridine rings is 1. The number of fused-ring (bicyclic) bond motifs is 1. The summed E-state index contributed by atoms with van der Waals surface area (Å²) in [7, 11) is -3.59. The van der Waals surface area contributed by atoms with Crippen molar-refractivity contribution >= 4 is 27.0 Å². The number of piperidine rings is 1. The van der Waals surface area contributed by atoms with Gasteiger partial charge in [0.1, 0.15) is 5.65 Å². The molecule has 2 fully saturated rings. The molecule has 1 saturated carbocycles. The quantitative estimate of drug-likeness (QED) is 0.619. The molecule has 184 valence electrons. The van der Waals surface area contributed by atoms with Gasteiger partial charge < -0.3 is 10.1 Å². The maximum atomic E-state index is 13.1. The third-order valence-electron chi connectivity index (χ3n) is 6.53. The number of aromatic nitrogens is 3. The van der Waals surface area contributed by atoms with E-state index in [0.717, 1.165) is 19.3 Å². The first-order valence-electron chi connectivity index (χ1n) is 11.2. The molecular weight excluding hydrogens is 470 g/mol. The molecule has 2 aromatic rings. The van der Waals surface area contributed by atoms with E-state index >= 15 is 0 Å². The van der Waals surface area contributed by atoms with Gasteiger partial charge in [-0.1, -0.05) is 13.3 Å². The Balaban J connectivity index is 1.61. The largest absolute Gasteiger partial charge is 0.429 e. The van der Waals surface area contributed by atoms with Gasteiger partial charge in [-0.05, 0) is 37.7 Å². The Morgan fingerprint density at radius 1 is 1.29 bits per heavy atom. The van der Waals surface area contributed by atoms with Crippen LogP contribution < -0.4 is 15.6 Å². The first kappa shape index (κ1) is 24.3. The van der Waals surface area contributed by atoms with Gasteiger partial charge in [0.15, 0.2) is 11.5 Å². The van der Waals surface area contributed by atoms with Gasteiger partial charge in [-0.2, -0.15) is 19.0 Å². The van der Waals surface area contributed by atoms with Crippen molar-refractivity contribution in [3.8, 4) is 11.8 Å². The van der Waals surface area contributed by atoms with E-state index in [1.165, 1.54) is 21.1 Å². The molecule has 0 unspecified atom stereocenters. The van der Waals surface area contributed by atoms with Crippen molar-refractivity contribution in [3.63, 3.8) is 0 Å². The molecule has 0 spiro atoms. The number of nitriles is 1. The van der Waals surface area contributed by atoms with Crippen LogP contribution >= 0.6 is 0 Å². The van der Waals surface area contributed by atoms with Crippen LogP contribution in [0.4, 0.5) is 14.7 Å². The molecule has 4 rings (SSSR count). The SMILES string of the molecule is C[C@H]1CCC[C@H]1n1c(=O)c(OC(F)F)cc2cnc(NC3CCN(S(=O)(=O)CC#N)CC3)nc21. The lowest BCUT2D eigenvalue weighted by atomic mass is 10.1. The van der Waals surface area contributed by atoms with Crippen molar-refractivity contribution in [3.05, 3.63) is 22.6 Å². The van der Waals surface area contributed by atoms with Crippen LogP contribution in [0, 0.1) is 17.2 Å². The predicted octanol–water partition coefficient (Wildman–Crippen LogP) is 2.48. The van der Waals surface area contributed by atoms with Crippen molar-refractivity contribution in [2.24, 2.45) is 5.92 Å². The molecule has 0 radical (unpaired) electrons. The van der Waals surface area contributed by atoms with Crippen LogP contribution in [0.1, 0.15) is 45.1 Å². The number of alkyl halides is 2. The van der Waals surface area contributed by atoms with Crippen LogP contribution in [0.2, 0.25) is 0 Å². The second-order valence-electron chi connectivity index (χ2n) is 8.74. The second kappa shape index (κ2) is 9.79. The van der Waals surface area contributed by atoms with Gasteiger partial charge in [-0.25, -0.2) is 17.7 Å². The minimum atomic E-state index is -3.59. The van der Waals surface area contributed by atoms with Crippen molar-refractivity contribution in [1.29, 1.82) is 5.26 Å². The molecule has 1 N–H and O–H groups in total. The van der Waals surface area contributed by atoms with Crippen molar-refractivity contribution in [2.75, 3.05) is 24.2 Å². The number of sulfonamides is 1. The molecule has 34 heavy (non-hydrogen) atoms. The van der Waals surface area contributed by atoms with Crippen LogP contribution in [-0.4, -0.2) is 58.8 Å². The van der Waals surface area contributed by atoms with E-state index in [9.17, 15) is 22.0 Å². The Bertz CT molecular complexity index is 1250. The van der Waals surface area contributed by atoms with Crippen molar-refractivity contribution < 1.29 is 21.9 Å². The summed E-state index contributed by atoms with van der Waals surface area (Å²) in [6, 6.07) is 2.63. The Morgan fingerprint density at radius 3 is 2.65 bits per heavy atom. The number of nitrogens with zero attached hydrogens (tertiary/aromatic N) is 5. The Hall–Kier alpha value is -2.85.